The van der Waals surface area contributed by atoms with Gasteiger partial charge in [0.1, 0.15) is 5.82 Å². The molecular weight excluding hydrogens is 305 g/mol. The highest BCUT2D eigenvalue weighted by atomic mass is 79.9. The molecule has 98 valence electrons. The van der Waals surface area contributed by atoms with E-state index in [0.29, 0.717) is 4.47 Å². The molecule has 0 bridgehead atoms. The van der Waals surface area contributed by atoms with E-state index in [-0.39, 0.29) is 24.4 Å². The second-order valence-electron chi connectivity index (χ2n) is 3.62. The van der Waals surface area contributed by atoms with Gasteiger partial charge in [0.05, 0.1) is 19.2 Å². The summed E-state index contributed by atoms with van der Waals surface area (Å²) in [6.45, 7) is 0. The van der Waals surface area contributed by atoms with Crippen LogP contribution in [0.25, 0.3) is 0 Å². The van der Waals surface area contributed by atoms with Gasteiger partial charge in [-0.05, 0) is 18.2 Å². The highest BCUT2D eigenvalue weighted by Crippen LogP contribution is 2.23. The number of carbonyl (C=O) groups is 2. The molecule has 4 nitrogen and oxygen atoms in total. The average Bonchev–Trinajstić information content (AvgIpc) is 2.37. The monoisotopic (exact) mass is 317 g/mol. The molecule has 0 atom stereocenters. The third-order valence-corrected chi connectivity index (χ3v) is 2.91. The van der Waals surface area contributed by atoms with Gasteiger partial charge in [-0.1, -0.05) is 15.9 Å². The number of nitrogens with zero attached hydrogens (tertiary/aromatic N) is 1. The Morgan fingerprint density at radius 2 is 2.06 bits per heavy atom. The topological polar surface area (TPSA) is 46.6 Å². The van der Waals surface area contributed by atoms with Crippen LogP contribution in [0, 0.1) is 5.82 Å². The quantitative estimate of drug-likeness (QED) is 0.802. The van der Waals surface area contributed by atoms with Crippen LogP contribution in [0.3, 0.4) is 0 Å². The van der Waals surface area contributed by atoms with E-state index in [4.69, 9.17) is 0 Å². The number of esters is 1. The molecule has 0 saturated heterocycles. The van der Waals surface area contributed by atoms with E-state index in [1.807, 2.05) is 0 Å². The number of methoxy groups -OCH3 is 1. The van der Waals surface area contributed by atoms with Crippen LogP contribution >= 0.6 is 15.9 Å². The SMILES string of the molecule is COC(=O)CCC(=O)N(C)c1cc(Br)ccc1F. The molecule has 0 N–H and O–H groups in total. The molecule has 0 fully saturated rings. The molecule has 0 aromatic heterocycles. The van der Waals surface area contributed by atoms with E-state index in [0.717, 1.165) is 0 Å². The Morgan fingerprint density at radius 3 is 2.67 bits per heavy atom. The molecule has 18 heavy (non-hydrogen) atoms. The van der Waals surface area contributed by atoms with E-state index in [1.54, 1.807) is 6.07 Å². The summed E-state index contributed by atoms with van der Waals surface area (Å²) in [6.07, 6.45) is -0.0373. The van der Waals surface area contributed by atoms with Gasteiger partial charge in [-0.15, -0.1) is 0 Å². The molecule has 0 radical (unpaired) electrons. The predicted octanol–water partition coefficient (Wildman–Crippen LogP) is 2.50. The zero-order valence-corrected chi connectivity index (χ0v) is 11.7. The Hall–Kier alpha value is -1.43. The van der Waals surface area contributed by atoms with Crippen molar-refractivity contribution in [3.8, 4) is 0 Å². The van der Waals surface area contributed by atoms with Gasteiger partial charge in [0, 0.05) is 17.9 Å². The fourth-order valence-corrected chi connectivity index (χ4v) is 1.70. The number of benzene rings is 1. The maximum atomic E-state index is 13.5. The number of halogens is 2. The van der Waals surface area contributed by atoms with Crippen LogP contribution in [-0.2, 0) is 14.3 Å². The number of hydrogen-bond donors (Lipinski definition) is 0. The lowest BCUT2D eigenvalue weighted by molar-refractivity contribution is -0.141. The fourth-order valence-electron chi connectivity index (χ4n) is 1.36. The van der Waals surface area contributed by atoms with E-state index in [9.17, 15) is 14.0 Å². The second-order valence-corrected chi connectivity index (χ2v) is 4.54. The third kappa shape index (κ3) is 3.80. The first-order valence-corrected chi connectivity index (χ1v) is 6.03. The normalized spacial score (nSPS) is 10.0. The summed E-state index contributed by atoms with van der Waals surface area (Å²) in [5, 5.41) is 0. The van der Waals surface area contributed by atoms with Crippen LogP contribution in [0.4, 0.5) is 10.1 Å². The molecule has 0 heterocycles. The first kappa shape index (κ1) is 14.6. The van der Waals surface area contributed by atoms with Gasteiger partial charge >= 0.3 is 5.97 Å². The highest BCUT2D eigenvalue weighted by Gasteiger charge is 2.16. The number of amides is 1. The molecule has 1 amide bonds. The molecule has 1 aromatic carbocycles. The summed E-state index contributed by atoms with van der Waals surface area (Å²) >= 11 is 3.21. The number of rotatable bonds is 4. The molecule has 1 aromatic rings. The summed E-state index contributed by atoms with van der Waals surface area (Å²) in [5.74, 6) is -1.31. The van der Waals surface area contributed by atoms with Crippen LogP contribution in [0.5, 0.6) is 0 Å². The van der Waals surface area contributed by atoms with Crippen molar-refractivity contribution < 1.29 is 18.7 Å². The molecule has 1 rings (SSSR count). The minimum Gasteiger partial charge on any atom is -0.469 e. The van der Waals surface area contributed by atoms with E-state index >= 15 is 0 Å². The van der Waals surface area contributed by atoms with Crippen molar-refractivity contribution in [1.29, 1.82) is 0 Å². The molecular formula is C12H13BrFNO3. The molecule has 0 saturated carbocycles. The first-order valence-electron chi connectivity index (χ1n) is 5.24. The van der Waals surface area contributed by atoms with Crippen molar-refractivity contribution in [2.75, 3.05) is 19.1 Å². The number of anilines is 1. The molecule has 0 aliphatic heterocycles. The minimum atomic E-state index is -0.493. The Labute approximate surface area is 113 Å². The minimum absolute atomic E-state index is 0.0186. The summed E-state index contributed by atoms with van der Waals surface area (Å²) in [6, 6.07) is 4.32. The molecule has 0 aliphatic rings. The summed E-state index contributed by atoms with van der Waals surface area (Å²) < 4.78 is 18.6. The van der Waals surface area contributed by atoms with Gasteiger partial charge in [0.15, 0.2) is 0 Å². The Balaban J connectivity index is 2.74. The lowest BCUT2D eigenvalue weighted by Crippen LogP contribution is -2.27. The van der Waals surface area contributed by atoms with Gasteiger partial charge in [0.2, 0.25) is 5.91 Å². The maximum Gasteiger partial charge on any atom is 0.306 e. The van der Waals surface area contributed by atoms with Crippen molar-refractivity contribution in [3.63, 3.8) is 0 Å². The van der Waals surface area contributed by atoms with Gasteiger partial charge < -0.3 is 9.64 Å². The van der Waals surface area contributed by atoms with Crippen LogP contribution in [0.1, 0.15) is 12.8 Å². The van der Waals surface area contributed by atoms with Crippen molar-refractivity contribution in [2.24, 2.45) is 0 Å². The van der Waals surface area contributed by atoms with Crippen molar-refractivity contribution in [1.82, 2.24) is 0 Å². The van der Waals surface area contributed by atoms with Gasteiger partial charge in [-0.25, -0.2) is 4.39 Å². The Morgan fingerprint density at radius 1 is 1.39 bits per heavy atom. The standard InChI is InChI=1S/C12H13BrFNO3/c1-15(11(16)5-6-12(17)18-2)10-7-8(13)3-4-9(10)14/h3-4,7H,5-6H2,1-2H3. The lowest BCUT2D eigenvalue weighted by Gasteiger charge is -2.18. The van der Waals surface area contributed by atoms with Gasteiger partial charge in [-0.2, -0.15) is 0 Å². The average molecular weight is 318 g/mol. The molecule has 0 spiro atoms. The predicted molar refractivity (Wildman–Crippen MR) is 68.8 cm³/mol. The molecule has 0 aliphatic carbocycles. The maximum absolute atomic E-state index is 13.5. The first-order chi connectivity index (χ1) is 8.45. The van der Waals surface area contributed by atoms with Crippen LogP contribution in [0.2, 0.25) is 0 Å². The van der Waals surface area contributed by atoms with Crippen LogP contribution in [0.15, 0.2) is 22.7 Å². The summed E-state index contributed by atoms with van der Waals surface area (Å²) in [5.41, 5.74) is 0.166. The molecule has 0 unspecified atom stereocenters. The van der Waals surface area contributed by atoms with Crippen molar-refractivity contribution >= 4 is 33.5 Å². The zero-order chi connectivity index (χ0) is 13.7. The highest BCUT2D eigenvalue weighted by molar-refractivity contribution is 9.10. The van der Waals surface area contributed by atoms with Crippen molar-refractivity contribution in [2.45, 2.75) is 12.8 Å². The van der Waals surface area contributed by atoms with Gasteiger partial charge in [0.25, 0.3) is 0 Å². The number of ether oxygens (including phenoxy) is 1. The largest absolute Gasteiger partial charge is 0.469 e. The number of hydrogen-bond acceptors (Lipinski definition) is 3. The van der Waals surface area contributed by atoms with Crippen molar-refractivity contribution in [3.05, 3.63) is 28.5 Å². The third-order valence-electron chi connectivity index (χ3n) is 2.41. The Kier molecular flexibility index (Phi) is 5.27. The second kappa shape index (κ2) is 6.49. The fraction of sp³-hybridized carbons (Fsp3) is 0.333. The smallest absolute Gasteiger partial charge is 0.306 e. The Bertz CT molecular complexity index is 465. The summed E-state index contributed by atoms with van der Waals surface area (Å²) in [7, 11) is 2.72. The van der Waals surface area contributed by atoms with E-state index in [1.165, 1.54) is 31.2 Å². The van der Waals surface area contributed by atoms with Crippen LogP contribution in [-0.4, -0.2) is 26.0 Å². The lowest BCUT2D eigenvalue weighted by atomic mass is 10.2. The zero-order valence-electron chi connectivity index (χ0n) is 10.1. The van der Waals surface area contributed by atoms with E-state index < -0.39 is 11.8 Å². The summed E-state index contributed by atoms with van der Waals surface area (Å²) in [4.78, 5) is 23.9. The van der Waals surface area contributed by atoms with Crippen LogP contribution < -0.4 is 4.90 Å². The number of carbonyl (C=O) groups excluding carboxylic acids is 2. The molecule has 6 heteroatoms. The van der Waals surface area contributed by atoms with E-state index in [2.05, 4.69) is 20.7 Å². The van der Waals surface area contributed by atoms with Gasteiger partial charge in [-0.3, -0.25) is 9.59 Å².